The van der Waals surface area contributed by atoms with Gasteiger partial charge in [-0.3, -0.25) is 0 Å². The lowest BCUT2D eigenvalue weighted by atomic mass is 9.85. The van der Waals surface area contributed by atoms with Gasteiger partial charge in [-0.1, -0.05) is 169 Å². The summed E-state index contributed by atoms with van der Waals surface area (Å²) in [6.45, 7) is 13.8. The minimum absolute atomic E-state index is 0.0681. The Morgan fingerprint density at radius 3 is 1.09 bits per heavy atom. The Morgan fingerprint density at radius 1 is 0.321 bits per heavy atom. The van der Waals surface area contributed by atoms with Crippen molar-refractivity contribution < 1.29 is 0 Å². The minimum Gasteiger partial charge on any atom is -0.309 e. The number of hydrogen-bond donors (Lipinski definition) is 0. The van der Waals surface area contributed by atoms with Crippen LogP contribution >= 0.6 is 0 Å². The highest BCUT2D eigenvalue weighted by Gasteiger charge is 2.22. The fraction of sp³-hybridized carbons (Fsp3) is 0.154. The van der Waals surface area contributed by atoms with Gasteiger partial charge in [0.15, 0.2) is 0 Å². The molecule has 0 aliphatic heterocycles. The third kappa shape index (κ3) is 5.63. The van der Waals surface area contributed by atoms with E-state index >= 15 is 0 Å². The van der Waals surface area contributed by atoms with E-state index in [1.54, 1.807) is 0 Å². The van der Waals surface area contributed by atoms with Crippen molar-refractivity contribution in [3.63, 3.8) is 0 Å². The predicted molar refractivity (Wildman–Crippen MR) is 230 cm³/mol. The summed E-state index contributed by atoms with van der Waals surface area (Å²) in [7, 11) is 0. The molecule has 0 unspecified atom stereocenters. The standard InChI is InChI=1S/C52H45N/c1-51(2,3)38-26-30-47-45(32-38)46-33-39(52(4,5)6)27-31-48(46)53(47)40-28-24-37(25-29-40)50-43-18-12-10-16-41(43)49(42-17-11-13-19-44(42)50)36-22-20-35(21-23-36)34-14-8-7-9-15-34/h7-33H,1-6H3. The molecule has 0 radical (unpaired) electrons. The number of benzene rings is 8. The maximum atomic E-state index is 2.45. The molecule has 0 N–H and O–H groups in total. The van der Waals surface area contributed by atoms with Gasteiger partial charge in [0.05, 0.1) is 11.0 Å². The number of fused-ring (bicyclic) bond motifs is 5. The van der Waals surface area contributed by atoms with Gasteiger partial charge in [-0.15, -0.1) is 0 Å². The van der Waals surface area contributed by atoms with Gasteiger partial charge in [-0.2, -0.15) is 0 Å². The first-order valence-electron chi connectivity index (χ1n) is 18.9. The Hall–Kier alpha value is -5.92. The van der Waals surface area contributed by atoms with Gasteiger partial charge in [0.25, 0.3) is 0 Å². The van der Waals surface area contributed by atoms with Crippen molar-refractivity contribution in [3.8, 4) is 39.1 Å². The summed E-state index contributed by atoms with van der Waals surface area (Å²) in [6.07, 6.45) is 0. The van der Waals surface area contributed by atoms with Crippen LogP contribution in [0.15, 0.2) is 164 Å². The molecule has 1 heterocycles. The van der Waals surface area contributed by atoms with E-state index in [1.807, 2.05) is 0 Å². The third-order valence-corrected chi connectivity index (χ3v) is 11.1. The van der Waals surface area contributed by atoms with Crippen molar-refractivity contribution in [1.29, 1.82) is 0 Å². The average Bonchev–Trinajstić information content (AvgIpc) is 3.50. The van der Waals surface area contributed by atoms with E-state index in [0.29, 0.717) is 0 Å². The molecule has 9 rings (SSSR count). The van der Waals surface area contributed by atoms with E-state index < -0.39 is 0 Å². The average molecular weight is 684 g/mol. The van der Waals surface area contributed by atoms with Gasteiger partial charge in [0, 0.05) is 16.5 Å². The highest BCUT2D eigenvalue weighted by atomic mass is 15.0. The van der Waals surface area contributed by atoms with Crippen LogP contribution in [0.3, 0.4) is 0 Å². The molecular formula is C52H45N. The summed E-state index contributed by atoms with van der Waals surface area (Å²) in [5, 5.41) is 7.69. The number of nitrogens with zero attached hydrogens (tertiary/aromatic N) is 1. The van der Waals surface area contributed by atoms with Gasteiger partial charge >= 0.3 is 0 Å². The lowest BCUT2D eigenvalue weighted by molar-refractivity contribution is 0.590. The van der Waals surface area contributed by atoms with Gasteiger partial charge in [0.2, 0.25) is 0 Å². The summed E-state index contributed by atoms with van der Waals surface area (Å²) in [4.78, 5) is 0. The zero-order valence-corrected chi connectivity index (χ0v) is 31.5. The molecule has 0 atom stereocenters. The van der Waals surface area contributed by atoms with E-state index in [0.717, 1.165) is 0 Å². The first-order valence-corrected chi connectivity index (χ1v) is 18.9. The van der Waals surface area contributed by atoms with Crippen molar-refractivity contribution in [1.82, 2.24) is 4.57 Å². The van der Waals surface area contributed by atoms with Crippen molar-refractivity contribution in [2.24, 2.45) is 0 Å². The van der Waals surface area contributed by atoms with Crippen LogP contribution in [0.4, 0.5) is 0 Å². The largest absolute Gasteiger partial charge is 0.309 e. The van der Waals surface area contributed by atoms with Crippen LogP contribution in [0, 0.1) is 0 Å². The van der Waals surface area contributed by atoms with Crippen LogP contribution in [0.25, 0.3) is 82.4 Å². The van der Waals surface area contributed by atoms with Crippen LogP contribution < -0.4 is 0 Å². The Bertz CT molecular complexity index is 2670. The second-order valence-corrected chi connectivity index (χ2v) is 16.6. The van der Waals surface area contributed by atoms with E-state index in [9.17, 15) is 0 Å². The van der Waals surface area contributed by atoms with Gasteiger partial charge in [0.1, 0.15) is 0 Å². The smallest absolute Gasteiger partial charge is 0.0541 e. The lowest BCUT2D eigenvalue weighted by Crippen LogP contribution is -2.10. The summed E-state index contributed by atoms with van der Waals surface area (Å²) in [5.74, 6) is 0. The third-order valence-electron chi connectivity index (χ3n) is 11.1. The van der Waals surface area contributed by atoms with Crippen LogP contribution in [0.1, 0.15) is 52.7 Å². The molecule has 53 heavy (non-hydrogen) atoms. The number of hydrogen-bond acceptors (Lipinski definition) is 0. The minimum atomic E-state index is 0.0681. The molecule has 0 amide bonds. The molecule has 0 saturated carbocycles. The van der Waals surface area contributed by atoms with E-state index in [2.05, 4.69) is 210 Å². The van der Waals surface area contributed by atoms with E-state index in [1.165, 1.54) is 93.5 Å². The molecule has 9 aromatic rings. The molecule has 8 aromatic carbocycles. The Morgan fingerprint density at radius 2 is 0.679 bits per heavy atom. The molecule has 0 bridgehead atoms. The van der Waals surface area contributed by atoms with Crippen LogP contribution in [-0.4, -0.2) is 4.57 Å². The summed E-state index contributed by atoms with van der Waals surface area (Å²) in [6, 6.07) is 60.9. The highest BCUT2D eigenvalue weighted by Crippen LogP contribution is 2.44. The maximum absolute atomic E-state index is 2.45. The SMILES string of the molecule is CC(C)(C)c1ccc2c(c1)c1cc(C(C)(C)C)ccc1n2-c1ccc(-c2c3ccccc3c(-c3ccc(-c4ccccc4)cc3)c3ccccc23)cc1. The zero-order chi connectivity index (χ0) is 36.5. The molecule has 1 heteroatoms. The lowest BCUT2D eigenvalue weighted by Gasteiger charge is -2.19. The molecule has 258 valence electrons. The molecule has 1 aromatic heterocycles. The second-order valence-electron chi connectivity index (χ2n) is 16.6. The normalized spacial score (nSPS) is 12.3. The molecule has 0 aliphatic rings. The Balaban J connectivity index is 1.21. The topological polar surface area (TPSA) is 4.93 Å². The van der Waals surface area contributed by atoms with E-state index in [4.69, 9.17) is 0 Å². The van der Waals surface area contributed by atoms with Crippen LogP contribution in [0.5, 0.6) is 0 Å². The molecular weight excluding hydrogens is 639 g/mol. The molecule has 0 saturated heterocycles. The maximum Gasteiger partial charge on any atom is 0.0541 e. The quantitative estimate of drug-likeness (QED) is 0.163. The van der Waals surface area contributed by atoms with Crippen LogP contribution in [0.2, 0.25) is 0 Å². The van der Waals surface area contributed by atoms with Crippen molar-refractivity contribution >= 4 is 43.4 Å². The van der Waals surface area contributed by atoms with Gasteiger partial charge < -0.3 is 4.57 Å². The predicted octanol–water partition coefficient (Wildman–Crippen LogP) is 14.7. The Labute approximate surface area is 313 Å². The summed E-state index contributed by atoms with van der Waals surface area (Å²) >= 11 is 0. The van der Waals surface area contributed by atoms with Crippen molar-refractivity contribution in [3.05, 3.63) is 175 Å². The molecule has 0 fully saturated rings. The van der Waals surface area contributed by atoms with Gasteiger partial charge in [-0.05, 0) is 113 Å². The first kappa shape index (κ1) is 33.0. The van der Waals surface area contributed by atoms with Crippen molar-refractivity contribution in [2.45, 2.75) is 52.4 Å². The zero-order valence-electron chi connectivity index (χ0n) is 31.5. The van der Waals surface area contributed by atoms with E-state index in [-0.39, 0.29) is 10.8 Å². The number of aromatic nitrogens is 1. The molecule has 0 spiro atoms. The fourth-order valence-electron chi connectivity index (χ4n) is 8.22. The number of rotatable bonds is 4. The highest BCUT2D eigenvalue weighted by molar-refractivity contribution is 6.21. The van der Waals surface area contributed by atoms with Crippen LogP contribution in [-0.2, 0) is 10.8 Å². The molecule has 1 nitrogen and oxygen atoms in total. The Kier molecular flexibility index (Phi) is 7.68. The van der Waals surface area contributed by atoms with Gasteiger partial charge in [-0.25, -0.2) is 0 Å². The summed E-state index contributed by atoms with van der Waals surface area (Å²) in [5.41, 5.74) is 14.0. The fourth-order valence-corrected chi connectivity index (χ4v) is 8.22. The first-order chi connectivity index (χ1) is 25.6. The second kappa shape index (κ2) is 12.3. The van der Waals surface area contributed by atoms with Crippen molar-refractivity contribution in [2.75, 3.05) is 0 Å². The summed E-state index contributed by atoms with van der Waals surface area (Å²) < 4.78 is 2.45. The molecule has 0 aliphatic carbocycles. The monoisotopic (exact) mass is 683 g/mol.